The Bertz CT molecular complexity index is 239. The molecule has 1 unspecified atom stereocenters. The summed E-state index contributed by atoms with van der Waals surface area (Å²) in [7, 11) is 2.22. The lowest BCUT2D eigenvalue weighted by Gasteiger charge is -2.34. The molecule has 0 aliphatic carbocycles. The summed E-state index contributed by atoms with van der Waals surface area (Å²) in [5.41, 5.74) is 0. The summed E-state index contributed by atoms with van der Waals surface area (Å²) < 4.78 is 0. The zero-order valence-electron chi connectivity index (χ0n) is 11.0. The highest BCUT2D eigenvalue weighted by atomic mass is 16.1. The third-order valence-corrected chi connectivity index (χ3v) is 4.14. The van der Waals surface area contributed by atoms with Crippen molar-refractivity contribution >= 4 is 6.29 Å². The van der Waals surface area contributed by atoms with Crippen molar-refractivity contribution < 1.29 is 4.79 Å². The first-order chi connectivity index (χ1) is 8.28. The van der Waals surface area contributed by atoms with Gasteiger partial charge in [-0.05, 0) is 38.9 Å². The second-order valence-electron chi connectivity index (χ2n) is 5.51. The average molecular weight is 239 g/mol. The van der Waals surface area contributed by atoms with Gasteiger partial charge in [0.2, 0.25) is 0 Å². The van der Waals surface area contributed by atoms with E-state index in [1.54, 1.807) is 0 Å². The van der Waals surface area contributed by atoms with Gasteiger partial charge in [-0.1, -0.05) is 0 Å². The third-order valence-electron chi connectivity index (χ3n) is 4.14. The van der Waals surface area contributed by atoms with Crippen molar-refractivity contribution in [1.29, 1.82) is 0 Å². The second-order valence-corrected chi connectivity index (χ2v) is 5.51. The van der Waals surface area contributed by atoms with E-state index in [9.17, 15) is 4.79 Å². The molecule has 1 atom stereocenters. The third kappa shape index (κ3) is 4.05. The Hall–Kier alpha value is -0.450. The molecule has 2 aliphatic heterocycles. The molecule has 2 fully saturated rings. The predicted octanol–water partition coefficient (Wildman–Crippen LogP) is 0.145. The van der Waals surface area contributed by atoms with Crippen LogP contribution in [-0.2, 0) is 4.79 Å². The lowest BCUT2D eigenvalue weighted by molar-refractivity contribution is -0.109. The summed E-state index contributed by atoms with van der Waals surface area (Å²) in [5, 5.41) is 0. The second kappa shape index (κ2) is 6.47. The molecular formula is C13H25N3O. The highest BCUT2D eigenvalue weighted by Gasteiger charge is 2.21. The average Bonchev–Trinajstić information content (AvgIpc) is 2.75. The Morgan fingerprint density at radius 1 is 1.12 bits per heavy atom. The number of likely N-dealkylation sites (tertiary alicyclic amines) is 1. The number of hydrogen-bond acceptors (Lipinski definition) is 4. The van der Waals surface area contributed by atoms with E-state index >= 15 is 0 Å². The van der Waals surface area contributed by atoms with Gasteiger partial charge in [0, 0.05) is 32.7 Å². The Kier molecular flexibility index (Phi) is 4.95. The van der Waals surface area contributed by atoms with Crippen LogP contribution < -0.4 is 0 Å². The Morgan fingerprint density at radius 3 is 2.41 bits per heavy atom. The first-order valence-electron chi connectivity index (χ1n) is 6.85. The lowest BCUT2D eigenvalue weighted by atomic mass is 10.0. The molecule has 0 amide bonds. The van der Waals surface area contributed by atoms with Gasteiger partial charge < -0.3 is 14.6 Å². The van der Waals surface area contributed by atoms with E-state index < -0.39 is 0 Å². The number of carbonyl (C=O) groups is 1. The summed E-state index contributed by atoms with van der Waals surface area (Å²) in [4.78, 5) is 17.7. The van der Waals surface area contributed by atoms with Gasteiger partial charge in [-0.15, -0.1) is 0 Å². The molecule has 2 heterocycles. The van der Waals surface area contributed by atoms with Crippen molar-refractivity contribution in [2.45, 2.75) is 12.8 Å². The molecule has 17 heavy (non-hydrogen) atoms. The van der Waals surface area contributed by atoms with E-state index in [1.165, 1.54) is 32.5 Å². The van der Waals surface area contributed by atoms with E-state index in [4.69, 9.17) is 0 Å². The van der Waals surface area contributed by atoms with Gasteiger partial charge >= 0.3 is 0 Å². The van der Waals surface area contributed by atoms with Crippen molar-refractivity contribution in [2.24, 2.45) is 5.92 Å². The molecule has 2 rings (SSSR count). The molecule has 0 saturated carbocycles. The number of hydrogen-bond donors (Lipinski definition) is 0. The first kappa shape index (κ1) is 13.0. The molecule has 4 heteroatoms. The quantitative estimate of drug-likeness (QED) is 0.638. The van der Waals surface area contributed by atoms with Gasteiger partial charge in [-0.3, -0.25) is 4.90 Å². The molecule has 0 radical (unpaired) electrons. The molecule has 0 N–H and O–H groups in total. The van der Waals surface area contributed by atoms with Crippen LogP contribution in [0.2, 0.25) is 0 Å². The minimum Gasteiger partial charge on any atom is -0.306 e. The normalized spacial score (nSPS) is 28.6. The number of nitrogens with zero attached hydrogens (tertiary/aromatic N) is 3. The van der Waals surface area contributed by atoms with Gasteiger partial charge in [0.1, 0.15) is 6.29 Å². The van der Waals surface area contributed by atoms with Crippen LogP contribution in [0.3, 0.4) is 0 Å². The predicted molar refractivity (Wildman–Crippen MR) is 69.2 cm³/mol. The molecule has 4 nitrogen and oxygen atoms in total. The Labute approximate surface area is 105 Å². The fourth-order valence-corrected chi connectivity index (χ4v) is 2.93. The Balaban J connectivity index is 1.60. The van der Waals surface area contributed by atoms with Gasteiger partial charge in [-0.25, -0.2) is 0 Å². The van der Waals surface area contributed by atoms with Crippen LogP contribution in [0.1, 0.15) is 12.8 Å². The van der Waals surface area contributed by atoms with Gasteiger partial charge in [0.15, 0.2) is 0 Å². The first-order valence-corrected chi connectivity index (χ1v) is 6.85. The van der Waals surface area contributed by atoms with Crippen LogP contribution in [-0.4, -0.2) is 80.4 Å². The number of carbonyl (C=O) groups excluding carboxylic acids is 1. The highest BCUT2D eigenvalue weighted by Crippen LogP contribution is 2.18. The molecule has 2 saturated heterocycles. The SMILES string of the molecule is CN1CCC(CCN2CCN(CC=O)CC2)C1. The molecule has 98 valence electrons. The summed E-state index contributed by atoms with van der Waals surface area (Å²) in [6, 6.07) is 0. The van der Waals surface area contributed by atoms with E-state index in [2.05, 4.69) is 21.7 Å². The van der Waals surface area contributed by atoms with Crippen LogP contribution in [0, 0.1) is 5.92 Å². The fraction of sp³-hybridized carbons (Fsp3) is 0.923. The van der Waals surface area contributed by atoms with E-state index in [0.717, 1.165) is 38.4 Å². The maximum Gasteiger partial charge on any atom is 0.133 e. The van der Waals surface area contributed by atoms with Crippen LogP contribution in [0.4, 0.5) is 0 Å². The molecule has 0 aromatic rings. The molecule has 0 bridgehead atoms. The summed E-state index contributed by atoms with van der Waals surface area (Å²) in [6.45, 7) is 8.80. The topological polar surface area (TPSA) is 26.8 Å². The highest BCUT2D eigenvalue weighted by molar-refractivity contribution is 5.51. The summed E-state index contributed by atoms with van der Waals surface area (Å²) in [5.74, 6) is 0.910. The zero-order valence-corrected chi connectivity index (χ0v) is 11.0. The molecule has 2 aliphatic rings. The van der Waals surface area contributed by atoms with Crippen molar-refractivity contribution in [2.75, 3.05) is 59.4 Å². The minimum absolute atomic E-state index is 0.612. The molecule has 0 aromatic carbocycles. The molecule has 0 spiro atoms. The van der Waals surface area contributed by atoms with E-state index in [0.29, 0.717) is 6.54 Å². The summed E-state index contributed by atoms with van der Waals surface area (Å²) in [6.07, 6.45) is 3.74. The number of rotatable bonds is 5. The zero-order chi connectivity index (χ0) is 12.1. The molecule has 0 aromatic heterocycles. The number of aldehydes is 1. The van der Waals surface area contributed by atoms with E-state index in [1.807, 2.05) is 0 Å². The summed E-state index contributed by atoms with van der Waals surface area (Å²) >= 11 is 0. The van der Waals surface area contributed by atoms with Crippen LogP contribution in [0.5, 0.6) is 0 Å². The van der Waals surface area contributed by atoms with Gasteiger partial charge in [0.05, 0.1) is 6.54 Å². The standard InChI is InChI=1S/C13H25N3O/c1-14-4-2-13(12-14)3-5-15-6-8-16(9-7-15)10-11-17/h11,13H,2-10,12H2,1H3. The lowest BCUT2D eigenvalue weighted by Crippen LogP contribution is -2.47. The van der Waals surface area contributed by atoms with Gasteiger partial charge in [-0.2, -0.15) is 0 Å². The van der Waals surface area contributed by atoms with Crippen molar-refractivity contribution in [3.63, 3.8) is 0 Å². The van der Waals surface area contributed by atoms with Crippen LogP contribution >= 0.6 is 0 Å². The largest absolute Gasteiger partial charge is 0.306 e. The van der Waals surface area contributed by atoms with Crippen LogP contribution in [0.15, 0.2) is 0 Å². The molecular weight excluding hydrogens is 214 g/mol. The van der Waals surface area contributed by atoms with Gasteiger partial charge in [0.25, 0.3) is 0 Å². The number of piperazine rings is 1. The van der Waals surface area contributed by atoms with Crippen LogP contribution in [0.25, 0.3) is 0 Å². The maximum absolute atomic E-state index is 10.4. The Morgan fingerprint density at radius 2 is 1.82 bits per heavy atom. The monoisotopic (exact) mass is 239 g/mol. The smallest absolute Gasteiger partial charge is 0.133 e. The van der Waals surface area contributed by atoms with Crippen molar-refractivity contribution in [1.82, 2.24) is 14.7 Å². The minimum atomic E-state index is 0.612. The maximum atomic E-state index is 10.4. The van der Waals surface area contributed by atoms with E-state index in [-0.39, 0.29) is 0 Å². The van der Waals surface area contributed by atoms with Crippen molar-refractivity contribution in [3.8, 4) is 0 Å². The fourth-order valence-electron chi connectivity index (χ4n) is 2.93. The van der Waals surface area contributed by atoms with Crippen molar-refractivity contribution in [3.05, 3.63) is 0 Å².